The van der Waals surface area contributed by atoms with E-state index in [9.17, 15) is 9.59 Å². The van der Waals surface area contributed by atoms with Crippen molar-refractivity contribution in [2.45, 2.75) is 39.2 Å². The third kappa shape index (κ3) is 3.08. The minimum atomic E-state index is -0.257. The molecular formula is C17H23N3O4. The second kappa shape index (κ2) is 7.17. The van der Waals surface area contributed by atoms with E-state index in [0.717, 1.165) is 38.8 Å². The fourth-order valence-electron chi connectivity index (χ4n) is 3.18. The second-order valence-corrected chi connectivity index (χ2v) is 6.16. The van der Waals surface area contributed by atoms with E-state index >= 15 is 0 Å². The summed E-state index contributed by atoms with van der Waals surface area (Å²) >= 11 is 0. The maximum atomic E-state index is 13.0. The van der Waals surface area contributed by atoms with Gasteiger partial charge in [0, 0.05) is 20.2 Å². The molecular weight excluding hydrogens is 310 g/mol. The highest BCUT2D eigenvalue weighted by atomic mass is 16.5. The Morgan fingerprint density at radius 2 is 2.00 bits per heavy atom. The quantitative estimate of drug-likeness (QED) is 0.855. The molecule has 0 radical (unpaired) electrons. The van der Waals surface area contributed by atoms with Crippen LogP contribution in [0.4, 0.5) is 0 Å². The summed E-state index contributed by atoms with van der Waals surface area (Å²) in [7, 11) is 1.58. The molecule has 3 rings (SSSR count). The van der Waals surface area contributed by atoms with Crippen molar-refractivity contribution in [3.63, 3.8) is 0 Å². The van der Waals surface area contributed by atoms with Crippen LogP contribution in [-0.2, 0) is 11.3 Å². The van der Waals surface area contributed by atoms with Gasteiger partial charge in [-0.25, -0.2) is 4.98 Å². The summed E-state index contributed by atoms with van der Waals surface area (Å²) in [6, 6.07) is 0. The molecule has 2 aromatic heterocycles. The largest absolute Gasteiger partial charge is 0.442 e. The van der Waals surface area contributed by atoms with Gasteiger partial charge in [-0.3, -0.25) is 14.2 Å². The minimum absolute atomic E-state index is 0.128. The molecule has 130 valence electrons. The molecule has 1 aliphatic rings. The first-order valence-corrected chi connectivity index (χ1v) is 8.40. The molecule has 1 fully saturated rings. The number of rotatable bonds is 4. The molecule has 24 heavy (non-hydrogen) atoms. The van der Waals surface area contributed by atoms with Gasteiger partial charge in [0.05, 0.1) is 18.7 Å². The van der Waals surface area contributed by atoms with Crippen molar-refractivity contribution in [1.29, 1.82) is 0 Å². The average molecular weight is 333 g/mol. The molecule has 1 amide bonds. The van der Waals surface area contributed by atoms with Gasteiger partial charge in [-0.2, -0.15) is 0 Å². The molecule has 0 unspecified atom stereocenters. The van der Waals surface area contributed by atoms with E-state index < -0.39 is 0 Å². The number of methoxy groups -OCH3 is 1. The fourth-order valence-corrected chi connectivity index (χ4v) is 3.18. The van der Waals surface area contributed by atoms with E-state index in [2.05, 4.69) is 4.98 Å². The summed E-state index contributed by atoms with van der Waals surface area (Å²) in [6.07, 6.45) is 5.71. The van der Waals surface area contributed by atoms with E-state index in [1.54, 1.807) is 14.0 Å². The molecule has 7 heteroatoms. The van der Waals surface area contributed by atoms with Gasteiger partial charge in [0.2, 0.25) is 5.71 Å². The lowest BCUT2D eigenvalue weighted by Gasteiger charge is -2.20. The molecule has 0 bridgehead atoms. The number of aryl methyl sites for hydroxylation is 1. The van der Waals surface area contributed by atoms with Gasteiger partial charge < -0.3 is 14.1 Å². The number of amides is 1. The Kier molecular flexibility index (Phi) is 4.99. The second-order valence-electron chi connectivity index (χ2n) is 6.16. The summed E-state index contributed by atoms with van der Waals surface area (Å²) in [5.41, 5.74) is 0.326. The summed E-state index contributed by atoms with van der Waals surface area (Å²) in [6.45, 7) is 3.96. The number of ether oxygens (including phenoxy) is 1. The number of carbonyl (C=O) groups is 1. The normalized spacial score (nSPS) is 15.7. The first-order chi connectivity index (χ1) is 11.6. The molecule has 0 spiro atoms. The number of likely N-dealkylation sites (tertiary alicyclic amines) is 1. The summed E-state index contributed by atoms with van der Waals surface area (Å²) < 4.78 is 12.1. The van der Waals surface area contributed by atoms with E-state index in [1.807, 2.05) is 4.90 Å². The van der Waals surface area contributed by atoms with Crippen LogP contribution in [0.2, 0.25) is 0 Å². The van der Waals surface area contributed by atoms with Crippen LogP contribution >= 0.6 is 0 Å². The standard InChI is InChI=1S/C17H23N3O4/c1-12-13(16(21)19-7-5-3-4-6-8-19)14-15(24-12)18-11-20(17(14)22)9-10-23-2/h11H,3-10H2,1-2H3. The van der Waals surface area contributed by atoms with Crippen LogP contribution < -0.4 is 5.56 Å². The van der Waals surface area contributed by atoms with Crippen molar-refractivity contribution in [1.82, 2.24) is 14.5 Å². The molecule has 0 atom stereocenters. The third-order valence-electron chi connectivity index (χ3n) is 4.50. The van der Waals surface area contributed by atoms with E-state index in [1.165, 1.54) is 10.9 Å². The molecule has 2 aromatic rings. The van der Waals surface area contributed by atoms with Crippen LogP contribution in [-0.4, -0.2) is 47.2 Å². The highest BCUT2D eigenvalue weighted by Gasteiger charge is 2.27. The Bertz CT molecular complexity index is 785. The predicted molar refractivity (Wildman–Crippen MR) is 89.3 cm³/mol. The first-order valence-electron chi connectivity index (χ1n) is 8.40. The number of hydrogen-bond donors (Lipinski definition) is 0. The van der Waals surface area contributed by atoms with E-state index in [4.69, 9.17) is 9.15 Å². The molecule has 3 heterocycles. The smallest absolute Gasteiger partial charge is 0.265 e. The zero-order valence-corrected chi connectivity index (χ0v) is 14.2. The van der Waals surface area contributed by atoms with Crippen LogP contribution in [0.25, 0.3) is 11.1 Å². The monoisotopic (exact) mass is 333 g/mol. The van der Waals surface area contributed by atoms with Gasteiger partial charge in [0.15, 0.2) is 0 Å². The summed E-state index contributed by atoms with van der Waals surface area (Å²) in [4.78, 5) is 31.8. The molecule has 1 saturated heterocycles. The Hall–Kier alpha value is -2.15. The Labute approximate surface area is 140 Å². The maximum Gasteiger partial charge on any atom is 0.265 e. The highest BCUT2D eigenvalue weighted by molar-refractivity contribution is 6.06. The minimum Gasteiger partial charge on any atom is -0.442 e. The van der Waals surface area contributed by atoms with Crippen molar-refractivity contribution in [2.75, 3.05) is 26.8 Å². The Morgan fingerprint density at radius 3 is 2.67 bits per heavy atom. The van der Waals surface area contributed by atoms with Crippen LogP contribution in [0.5, 0.6) is 0 Å². The molecule has 0 saturated carbocycles. The van der Waals surface area contributed by atoms with Crippen molar-refractivity contribution >= 4 is 17.0 Å². The van der Waals surface area contributed by atoms with Crippen LogP contribution in [0.1, 0.15) is 41.8 Å². The molecule has 0 aromatic carbocycles. The lowest BCUT2D eigenvalue weighted by atomic mass is 10.1. The van der Waals surface area contributed by atoms with Gasteiger partial charge in [0.25, 0.3) is 11.5 Å². The number of furan rings is 1. The number of hydrogen-bond acceptors (Lipinski definition) is 5. The molecule has 1 aliphatic heterocycles. The molecule has 0 N–H and O–H groups in total. The zero-order chi connectivity index (χ0) is 17.1. The van der Waals surface area contributed by atoms with Gasteiger partial charge in [-0.05, 0) is 19.8 Å². The lowest BCUT2D eigenvalue weighted by molar-refractivity contribution is 0.0761. The number of fused-ring (bicyclic) bond motifs is 1. The average Bonchev–Trinajstić information content (AvgIpc) is 2.76. The van der Waals surface area contributed by atoms with Crippen LogP contribution in [0, 0.1) is 6.92 Å². The summed E-state index contributed by atoms with van der Waals surface area (Å²) in [5, 5.41) is 0.278. The third-order valence-corrected chi connectivity index (χ3v) is 4.50. The van der Waals surface area contributed by atoms with Crippen molar-refractivity contribution in [3.8, 4) is 0 Å². The van der Waals surface area contributed by atoms with Gasteiger partial charge >= 0.3 is 0 Å². The molecule has 0 aliphatic carbocycles. The van der Waals surface area contributed by atoms with Crippen molar-refractivity contribution in [2.24, 2.45) is 0 Å². The van der Waals surface area contributed by atoms with Crippen molar-refractivity contribution < 1.29 is 13.9 Å². The van der Waals surface area contributed by atoms with Gasteiger partial charge in [0.1, 0.15) is 17.5 Å². The Morgan fingerprint density at radius 1 is 1.29 bits per heavy atom. The molecule has 7 nitrogen and oxygen atoms in total. The highest BCUT2D eigenvalue weighted by Crippen LogP contribution is 2.23. The lowest BCUT2D eigenvalue weighted by Crippen LogP contribution is -2.33. The van der Waals surface area contributed by atoms with E-state index in [0.29, 0.717) is 24.5 Å². The zero-order valence-electron chi connectivity index (χ0n) is 14.2. The van der Waals surface area contributed by atoms with Gasteiger partial charge in [-0.1, -0.05) is 12.8 Å². The Balaban J connectivity index is 2.04. The SMILES string of the molecule is COCCn1cnc2oc(C)c(C(=O)N3CCCCCC3)c2c1=O. The maximum absolute atomic E-state index is 13.0. The fraction of sp³-hybridized carbons (Fsp3) is 0.588. The van der Waals surface area contributed by atoms with Crippen LogP contribution in [0.3, 0.4) is 0 Å². The summed E-state index contributed by atoms with van der Waals surface area (Å²) in [5.74, 6) is 0.324. The van der Waals surface area contributed by atoms with E-state index in [-0.39, 0.29) is 22.6 Å². The first kappa shape index (κ1) is 16.7. The predicted octanol–water partition coefficient (Wildman–Crippen LogP) is 1.96. The van der Waals surface area contributed by atoms with Crippen molar-refractivity contribution in [3.05, 3.63) is 28.0 Å². The number of aromatic nitrogens is 2. The van der Waals surface area contributed by atoms with Crippen LogP contribution in [0.15, 0.2) is 15.5 Å². The number of nitrogens with zero attached hydrogens (tertiary/aromatic N) is 3. The number of carbonyl (C=O) groups excluding carboxylic acids is 1. The topological polar surface area (TPSA) is 77.6 Å². The van der Waals surface area contributed by atoms with Gasteiger partial charge in [-0.15, -0.1) is 0 Å².